The first-order valence-electron chi connectivity index (χ1n) is 5.46. The molecular weight excluding hydrogens is 234 g/mol. The van der Waals surface area contributed by atoms with Crippen molar-refractivity contribution in [1.29, 1.82) is 0 Å². The van der Waals surface area contributed by atoms with Crippen LogP contribution in [0.1, 0.15) is 30.5 Å². The van der Waals surface area contributed by atoms with E-state index in [1.54, 1.807) is 29.9 Å². The molecule has 0 saturated heterocycles. The highest BCUT2D eigenvalue weighted by molar-refractivity contribution is 7.15. The molecule has 0 amide bonds. The Morgan fingerprint density at radius 2 is 2.12 bits per heavy atom. The Morgan fingerprint density at radius 1 is 1.29 bits per heavy atom. The molecule has 17 heavy (non-hydrogen) atoms. The van der Waals surface area contributed by atoms with Gasteiger partial charge >= 0.3 is 0 Å². The maximum Gasteiger partial charge on any atom is 0.208 e. The Morgan fingerprint density at radius 3 is 2.71 bits per heavy atom. The highest BCUT2D eigenvalue weighted by Gasteiger charge is 2.11. The van der Waals surface area contributed by atoms with Crippen LogP contribution in [0.4, 0.5) is 5.13 Å². The molecule has 5 nitrogen and oxygen atoms in total. The standard InChI is InChI=1S/C11H15N5S/c1-8(2)10-14-15-11(17-10)16(3)7-9-6-12-4-5-13-9/h4-6,8H,7H2,1-3H3. The molecule has 0 saturated carbocycles. The van der Waals surface area contributed by atoms with Gasteiger partial charge in [0.1, 0.15) is 5.01 Å². The Bertz CT molecular complexity index is 468. The molecule has 0 spiro atoms. The van der Waals surface area contributed by atoms with Gasteiger partial charge in [-0.25, -0.2) is 0 Å². The van der Waals surface area contributed by atoms with E-state index in [2.05, 4.69) is 34.0 Å². The Kier molecular flexibility index (Phi) is 3.63. The van der Waals surface area contributed by atoms with Crippen LogP contribution < -0.4 is 4.90 Å². The third-order valence-electron chi connectivity index (χ3n) is 2.27. The molecule has 6 heteroatoms. The van der Waals surface area contributed by atoms with Crippen LogP contribution in [-0.2, 0) is 6.54 Å². The maximum absolute atomic E-state index is 4.24. The topological polar surface area (TPSA) is 54.8 Å². The second-order valence-electron chi connectivity index (χ2n) is 4.13. The first-order valence-corrected chi connectivity index (χ1v) is 6.28. The molecular formula is C11H15N5S. The van der Waals surface area contributed by atoms with Crippen molar-refractivity contribution in [1.82, 2.24) is 20.2 Å². The van der Waals surface area contributed by atoms with E-state index in [0.29, 0.717) is 12.5 Å². The van der Waals surface area contributed by atoms with E-state index < -0.39 is 0 Å². The monoisotopic (exact) mass is 249 g/mol. The lowest BCUT2D eigenvalue weighted by molar-refractivity contribution is 0.813. The summed E-state index contributed by atoms with van der Waals surface area (Å²) >= 11 is 1.62. The lowest BCUT2D eigenvalue weighted by Crippen LogP contribution is -2.17. The number of hydrogen-bond donors (Lipinski definition) is 0. The third-order valence-corrected chi connectivity index (χ3v) is 3.60. The summed E-state index contributed by atoms with van der Waals surface area (Å²) in [5.41, 5.74) is 0.927. The molecule has 2 aromatic rings. The van der Waals surface area contributed by atoms with Gasteiger partial charge in [0.05, 0.1) is 18.4 Å². The molecule has 0 atom stereocenters. The molecule has 0 aliphatic rings. The average molecular weight is 249 g/mol. The summed E-state index contributed by atoms with van der Waals surface area (Å²) < 4.78 is 0. The summed E-state index contributed by atoms with van der Waals surface area (Å²) in [5, 5.41) is 10.3. The number of nitrogens with zero attached hydrogens (tertiary/aromatic N) is 5. The van der Waals surface area contributed by atoms with Crippen LogP contribution in [0.5, 0.6) is 0 Å². The summed E-state index contributed by atoms with van der Waals surface area (Å²) in [5.74, 6) is 0.422. The van der Waals surface area contributed by atoms with Crippen LogP contribution in [0.3, 0.4) is 0 Å². The fraction of sp³-hybridized carbons (Fsp3) is 0.455. The van der Waals surface area contributed by atoms with Gasteiger partial charge in [-0.1, -0.05) is 25.2 Å². The minimum atomic E-state index is 0.422. The molecule has 0 unspecified atom stereocenters. The van der Waals surface area contributed by atoms with Crippen molar-refractivity contribution in [2.75, 3.05) is 11.9 Å². The Labute approximate surface area is 105 Å². The second-order valence-corrected chi connectivity index (χ2v) is 5.12. The fourth-order valence-electron chi connectivity index (χ4n) is 1.34. The SMILES string of the molecule is CC(C)c1nnc(N(C)Cc2cnccn2)s1. The molecule has 90 valence electrons. The van der Waals surface area contributed by atoms with Gasteiger partial charge in [0, 0.05) is 25.4 Å². The van der Waals surface area contributed by atoms with E-state index in [4.69, 9.17) is 0 Å². The number of hydrogen-bond acceptors (Lipinski definition) is 6. The Balaban J connectivity index is 2.07. The number of anilines is 1. The lowest BCUT2D eigenvalue weighted by Gasteiger charge is -2.13. The fourth-order valence-corrected chi connectivity index (χ4v) is 2.14. The van der Waals surface area contributed by atoms with Crippen LogP contribution in [0, 0.1) is 0 Å². The molecule has 0 aliphatic carbocycles. The van der Waals surface area contributed by atoms with Crippen molar-refractivity contribution in [3.63, 3.8) is 0 Å². The summed E-state index contributed by atoms with van der Waals surface area (Å²) in [4.78, 5) is 10.3. The largest absolute Gasteiger partial charge is 0.344 e. The first-order chi connectivity index (χ1) is 8.16. The molecule has 2 aromatic heterocycles. The average Bonchev–Trinajstić information content (AvgIpc) is 2.79. The molecule has 0 aliphatic heterocycles. The zero-order valence-electron chi connectivity index (χ0n) is 10.2. The van der Waals surface area contributed by atoms with Gasteiger partial charge in [-0.2, -0.15) is 0 Å². The zero-order chi connectivity index (χ0) is 12.3. The van der Waals surface area contributed by atoms with Gasteiger partial charge in [0.2, 0.25) is 5.13 Å². The predicted molar refractivity (Wildman–Crippen MR) is 68.1 cm³/mol. The minimum absolute atomic E-state index is 0.422. The second kappa shape index (κ2) is 5.18. The van der Waals surface area contributed by atoms with Crippen molar-refractivity contribution in [2.24, 2.45) is 0 Å². The van der Waals surface area contributed by atoms with Crippen LogP contribution in [0.2, 0.25) is 0 Å². The van der Waals surface area contributed by atoms with Gasteiger partial charge in [-0.3, -0.25) is 9.97 Å². The minimum Gasteiger partial charge on any atom is -0.344 e. The van der Waals surface area contributed by atoms with Crippen molar-refractivity contribution < 1.29 is 0 Å². The van der Waals surface area contributed by atoms with Crippen molar-refractivity contribution in [3.05, 3.63) is 29.3 Å². The number of rotatable bonds is 4. The van der Waals surface area contributed by atoms with Crippen LogP contribution in [0.15, 0.2) is 18.6 Å². The highest BCUT2D eigenvalue weighted by atomic mass is 32.1. The van der Waals surface area contributed by atoms with Crippen molar-refractivity contribution >= 4 is 16.5 Å². The van der Waals surface area contributed by atoms with Crippen LogP contribution in [-0.4, -0.2) is 27.2 Å². The van der Waals surface area contributed by atoms with Gasteiger partial charge in [0.25, 0.3) is 0 Å². The van der Waals surface area contributed by atoms with E-state index in [1.165, 1.54) is 0 Å². The van der Waals surface area contributed by atoms with E-state index in [9.17, 15) is 0 Å². The smallest absolute Gasteiger partial charge is 0.208 e. The quantitative estimate of drug-likeness (QED) is 0.830. The molecule has 2 rings (SSSR count). The first kappa shape index (κ1) is 11.9. The summed E-state index contributed by atoms with van der Waals surface area (Å²) in [6.07, 6.45) is 5.13. The normalized spacial score (nSPS) is 10.8. The van der Waals surface area contributed by atoms with E-state index in [1.807, 2.05) is 11.9 Å². The zero-order valence-corrected chi connectivity index (χ0v) is 11.0. The molecule has 0 radical (unpaired) electrons. The molecule has 0 bridgehead atoms. The predicted octanol–water partition coefficient (Wildman–Crippen LogP) is 2.09. The molecule has 0 fully saturated rings. The van der Waals surface area contributed by atoms with Crippen molar-refractivity contribution in [2.45, 2.75) is 26.3 Å². The maximum atomic E-state index is 4.24. The van der Waals surface area contributed by atoms with Crippen LogP contribution in [0.25, 0.3) is 0 Å². The lowest BCUT2D eigenvalue weighted by atomic mass is 10.2. The van der Waals surface area contributed by atoms with Gasteiger partial charge < -0.3 is 4.90 Å². The number of aromatic nitrogens is 4. The third kappa shape index (κ3) is 2.97. The van der Waals surface area contributed by atoms with Gasteiger partial charge in [-0.15, -0.1) is 10.2 Å². The molecule has 2 heterocycles. The molecule has 0 N–H and O–H groups in total. The van der Waals surface area contributed by atoms with Crippen molar-refractivity contribution in [3.8, 4) is 0 Å². The van der Waals surface area contributed by atoms with E-state index in [0.717, 1.165) is 15.8 Å². The molecule has 0 aromatic carbocycles. The summed E-state index contributed by atoms with van der Waals surface area (Å²) in [7, 11) is 1.99. The summed E-state index contributed by atoms with van der Waals surface area (Å²) in [6.45, 7) is 4.93. The highest BCUT2D eigenvalue weighted by Crippen LogP contribution is 2.25. The van der Waals surface area contributed by atoms with Crippen LogP contribution >= 0.6 is 11.3 Å². The van der Waals surface area contributed by atoms with E-state index in [-0.39, 0.29) is 0 Å². The Hall–Kier alpha value is -1.56. The van der Waals surface area contributed by atoms with Gasteiger partial charge in [0.15, 0.2) is 0 Å². The van der Waals surface area contributed by atoms with E-state index >= 15 is 0 Å². The summed E-state index contributed by atoms with van der Waals surface area (Å²) in [6, 6.07) is 0. The van der Waals surface area contributed by atoms with Gasteiger partial charge in [-0.05, 0) is 0 Å².